The minimum Gasteiger partial charge on any atom is -0.508 e. The van der Waals surface area contributed by atoms with Crippen LogP contribution in [-0.4, -0.2) is 16.2 Å². The van der Waals surface area contributed by atoms with E-state index in [0.717, 1.165) is 22.4 Å². The number of nitrogens with one attached hydrogen (secondary N) is 1. The van der Waals surface area contributed by atoms with Crippen molar-refractivity contribution in [3.05, 3.63) is 58.7 Å². The Labute approximate surface area is 124 Å². The molecule has 4 heteroatoms. The molecule has 1 unspecified atom stereocenters. The van der Waals surface area contributed by atoms with Gasteiger partial charge in [0, 0.05) is 11.3 Å². The van der Waals surface area contributed by atoms with Crippen molar-refractivity contribution in [1.82, 2.24) is 0 Å². The zero-order valence-electron chi connectivity index (χ0n) is 12.3. The number of aromatic hydroxyl groups is 1. The summed E-state index contributed by atoms with van der Waals surface area (Å²) in [4.78, 5) is 11.1. The molecular formula is C17H19NO3. The first kappa shape index (κ1) is 14.9. The molecule has 0 aromatic heterocycles. The number of aryl methyl sites for hydroxylation is 2. The van der Waals surface area contributed by atoms with Gasteiger partial charge in [0.05, 0.1) is 11.6 Å². The molecule has 3 N–H and O–H groups in total. The number of carbonyl (C=O) groups is 1. The topological polar surface area (TPSA) is 69.6 Å². The Kier molecular flexibility index (Phi) is 4.17. The van der Waals surface area contributed by atoms with Crippen LogP contribution in [0.1, 0.15) is 40.0 Å². The van der Waals surface area contributed by atoms with Gasteiger partial charge in [0.25, 0.3) is 0 Å². The van der Waals surface area contributed by atoms with Gasteiger partial charge in [-0.25, -0.2) is 4.79 Å². The maximum absolute atomic E-state index is 11.1. The number of hydrogen-bond acceptors (Lipinski definition) is 3. The fourth-order valence-electron chi connectivity index (χ4n) is 2.24. The molecule has 0 saturated carbocycles. The van der Waals surface area contributed by atoms with Crippen molar-refractivity contribution < 1.29 is 15.0 Å². The average molecular weight is 285 g/mol. The number of phenols is 1. The van der Waals surface area contributed by atoms with Crippen LogP contribution in [0.25, 0.3) is 0 Å². The first-order valence-corrected chi connectivity index (χ1v) is 6.78. The van der Waals surface area contributed by atoms with E-state index in [1.807, 2.05) is 32.9 Å². The molecule has 0 radical (unpaired) electrons. The fourth-order valence-corrected chi connectivity index (χ4v) is 2.24. The zero-order valence-corrected chi connectivity index (χ0v) is 12.3. The van der Waals surface area contributed by atoms with Gasteiger partial charge in [-0.3, -0.25) is 0 Å². The van der Waals surface area contributed by atoms with E-state index < -0.39 is 5.97 Å². The molecule has 2 aromatic carbocycles. The van der Waals surface area contributed by atoms with Crippen molar-refractivity contribution >= 4 is 11.7 Å². The second-order valence-electron chi connectivity index (χ2n) is 5.26. The van der Waals surface area contributed by atoms with Crippen LogP contribution in [0.4, 0.5) is 5.69 Å². The third kappa shape index (κ3) is 3.34. The van der Waals surface area contributed by atoms with Gasteiger partial charge in [0.1, 0.15) is 5.75 Å². The molecule has 0 bridgehead atoms. The third-order valence-corrected chi connectivity index (χ3v) is 3.51. The number of rotatable bonds is 4. The molecule has 4 nitrogen and oxygen atoms in total. The Morgan fingerprint density at radius 3 is 2.52 bits per heavy atom. The normalized spacial score (nSPS) is 12.0. The molecule has 1 atom stereocenters. The molecule has 0 aliphatic rings. The molecule has 0 heterocycles. The predicted octanol–water partition coefficient (Wildman–Crippen LogP) is 3.88. The fraction of sp³-hybridized carbons (Fsp3) is 0.235. The predicted molar refractivity (Wildman–Crippen MR) is 83.0 cm³/mol. The highest BCUT2D eigenvalue weighted by atomic mass is 16.4. The summed E-state index contributed by atoms with van der Waals surface area (Å²) in [5, 5.41) is 22.3. The summed E-state index contributed by atoms with van der Waals surface area (Å²) in [7, 11) is 0. The molecule has 0 fully saturated rings. The van der Waals surface area contributed by atoms with Crippen molar-refractivity contribution in [2.75, 3.05) is 5.32 Å². The summed E-state index contributed by atoms with van der Waals surface area (Å²) < 4.78 is 0. The third-order valence-electron chi connectivity index (χ3n) is 3.51. The highest BCUT2D eigenvalue weighted by molar-refractivity contribution is 5.89. The minimum absolute atomic E-state index is 0.132. The monoisotopic (exact) mass is 285 g/mol. The Balaban J connectivity index is 2.31. The lowest BCUT2D eigenvalue weighted by molar-refractivity contribution is 0.0697. The number of aromatic carboxylic acids is 1. The van der Waals surface area contributed by atoms with Gasteiger partial charge in [-0.1, -0.05) is 23.8 Å². The number of anilines is 1. The molecule has 0 aliphatic carbocycles. The molecule has 0 saturated heterocycles. The summed E-state index contributed by atoms with van der Waals surface area (Å²) >= 11 is 0. The number of hydrogen-bond donors (Lipinski definition) is 3. The van der Waals surface area contributed by atoms with Gasteiger partial charge >= 0.3 is 5.97 Å². The lowest BCUT2D eigenvalue weighted by atomic mass is 10.0. The molecule has 0 spiro atoms. The number of carboxylic acid groups (broad SMARTS) is 1. The highest BCUT2D eigenvalue weighted by Gasteiger charge is 2.13. The van der Waals surface area contributed by atoms with Crippen LogP contribution >= 0.6 is 0 Å². The number of carboxylic acids is 1. The SMILES string of the molecule is Cc1ccc(O)c(C(C)Nc2cc(C(=O)O)ccc2C)c1. The van der Waals surface area contributed by atoms with Crippen LogP contribution in [0, 0.1) is 13.8 Å². The smallest absolute Gasteiger partial charge is 0.335 e. The van der Waals surface area contributed by atoms with Crippen LogP contribution in [0.3, 0.4) is 0 Å². The molecule has 2 rings (SSSR count). The van der Waals surface area contributed by atoms with Gasteiger partial charge in [0.15, 0.2) is 0 Å². The molecule has 2 aromatic rings. The largest absolute Gasteiger partial charge is 0.508 e. The van der Waals surface area contributed by atoms with Gasteiger partial charge in [-0.15, -0.1) is 0 Å². The van der Waals surface area contributed by atoms with Crippen molar-refractivity contribution in [2.45, 2.75) is 26.8 Å². The summed E-state index contributed by atoms with van der Waals surface area (Å²) in [6.07, 6.45) is 0. The van der Waals surface area contributed by atoms with Crippen molar-refractivity contribution in [2.24, 2.45) is 0 Å². The van der Waals surface area contributed by atoms with Crippen LogP contribution in [0.2, 0.25) is 0 Å². The average Bonchev–Trinajstić information content (AvgIpc) is 2.43. The molecule has 21 heavy (non-hydrogen) atoms. The second-order valence-corrected chi connectivity index (χ2v) is 5.26. The first-order chi connectivity index (χ1) is 9.88. The van der Waals surface area contributed by atoms with E-state index in [0.29, 0.717) is 0 Å². The highest BCUT2D eigenvalue weighted by Crippen LogP contribution is 2.29. The van der Waals surface area contributed by atoms with E-state index in [1.54, 1.807) is 24.3 Å². The van der Waals surface area contributed by atoms with Crippen molar-refractivity contribution in [3.8, 4) is 5.75 Å². The second kappa shape index (κ2) is 5.87. The van der Waals surface area contributed by atoms with Crippen molar-refractivity contribution in [3.63, 3.8) is 0 Å². The van der Waals surface area contributed by atoms with Crippen LogP contribution in [0.5, 0.6) is 5.75 Å². The Morgan fingerprint density at radius 2 is 1.86 bits per heavy atom. The quantitative estimate of drug-likeness (QED) is 0.797. The van der Waals surface area contributed by atoms with E-state index in [4.69, 9.17) is 5.11 Å². The van der Waals surface area contributed by atoms with Gasteiger partial charge in [-0.05, 0) is 44.5 Å². The van der Waals surface area contributed by atoms with Gasteiger partial charge < -0.3 is 15.5 Å². The van der Waals surface area contributed by atoms with E-state index in [1.165, 1.54) is 0 Å². The Bertz CT molecular complexity index is 680. The van der Waals surface area contributed by atoms with Crippen LogP contribution in [0.15, 0.2) is 36.4 Å². The van der Waals surface area contributed by atoms with E-state index >= 15 is 0 Å². The lowest BCUT2D eigenvalue weighted by Crippen LogP contribution is -2.09. The van der Waals surface area contributed by atoms with Crippen LogP contribution < -0.4 is 5.32 Å². The summed E-state index contributed by atoms with van der Waals surface area (Å²) in [6, 6.07) is 10.3. The Morgan fingerprint density at radius 1 is 1.14 bits per heavy atom. The summed E-state index contributed by atoms with van der Waals surface area (Å²) in [6.45, 7) is 5.81. The van der Waals surface area contributed by atoms with E-state index in [2.05, 4.69) is 5.32 Å². The Hall–Kier alpha value is -2.49. The maximum Gasteiger partial charge on any atom is 0.335 e. The van der Waals surface area contributed by atoms with Crippen LogP contribution in [-0.2, 0) is 0 Å². The zero-order chi connectivity index (χ0) is 15.6. The maximum atomic E-state index is 11.1. The van der Waals surface area contributed by atoms with Gasteiger partial charge in [0.2, 0.25) is 0 Å². The summed E-state index contributed by atoms with van der Waals surface area (Å²) in [5.74, 6) is -0.725. The number of phenolic OH excluding ortho intramolecular Hbond substituents is 1. The lowest BCUT2D eigenvalue weighted by Gasteiger charge is -2.19. The molecule has 0 aliphatic heterocycles. The van der Waals surface area contributed by atoms with E-state index in [-0.39, 0.29) is 17.4 Å². The van der Waals surface area contributed by atoms with Gasteiger partial charge in [-0.2, -0.15) is 0 Å². The number of benzene rings is 2. The first-order valence-electron chi connectivity index (χ1n) is 6.78. The molecule has 0 amide bonds. The summed E-state index contributed by atoms with van der Waals surface area (Å²) in [5.41, 5.74) is 3.80. The van der Waals surface area contributed by atoms with Crippen molar-refractivity contribution in [1.29, 1.82) is 0 Å². The molecule has 110 valence electrons. The van der Waals surface area contributed by atoms with E-state index in [9.17, 15) is 9.90 Å². The minimum atomic E-state index is -0.955. The molecular weight excluding hydrogens is 266 g/mol. The standard InChI is InChI=1S/C17H19NO3/c1-10-4-7-16(19)14(8-10)12(3)18-15-9-13(17(20)21)6-5-11(15)2/h4-9,12,18-19H,1-3H3,(H,20,21).